The Kier molecular flexibility index (Phi) is 4.63. The van der Waals surface area contributed by atoms with Gasteiger partial charge in [-0.15, -0.1) is 0 Å². The van der Waals surface area contributed by atoms with Gasteiger partial charge in [0.2, 0.25) is 0 Å². The SMILES string of the molecule is C[C@H](O)[C@H](C)O[C@@H]1CCC[C@]2(C)[C@@H]3CC[C@]4(C)C(=O)CC[C@H]4C3=CC[C@H]12. The maximum absolute atomic E-state index is 12.5. The standard InChI is InChI=1S/C23H36O3/c1-14(24)15(2)26-20-6-5-12-22(3)18-11-13-23(4)17(9-10-21(23)25)16(18)7-8-19(20)22/h7,14-15,17-20,24H,5-6,8-13H2,1-4H3/t14-,15-,17-,18+,19+,20+,22+,23-/m0/s1. The molecule has 3 saturated carbocycles. The largest absolute Gasteiger partial charge is 0.391 e. The van der Waals surface area contributed by atoms with Gasteiger partial charge in [0.25, 0.3) is 0 Å². The van der Waals surface area contributed by atoms with Crippen molar-refractivity contribution in [3.8, 4) is 0 Å². The molecule has 0 aromatic heterocycles. The van der Waals surface area contributed by atoms with Crippen LogP contribution in [0.4, 0.5) is 0 Å². The van der Waals surface area contributed by atoms with Gasteiger partial charge in [-0.25, -0.2) is 0 Å². The minimum Gasteiger partial charge on any atom is -0.391 e. The van der Waals surface area contributed by atoms with Gasteiger partial charge in [0.1, 0.15) is 5.78 Å². The summed E-state index contributed by atoms with van der Waals surface area (Å²) in [5.74, 6) is 2.17. The van der Waals surface area contributed by atoms with Crippen LogP contribution in [0.2, 0.25) is 0 Å². The third-order valence-corrected chi connectivity index (χ3v) is 8.80. The monoisotopic (exact) mass is 360 g/mol. The van der Waals surface area contributed by atoms with E-state index in [-0.39, 0.29) is 17.6 Å². The first-order chi connectivity index (χ1) is 12.3. The third kappa shape index (κ3) is 2.64. The Balaban J connectivity index is 1.62. The van der Waals surface area contributed by atoms with Crippen LogP contribution in [0.3, 0.4) is 0 Å². The molecule has 1 N–H and O–H groups in total. The van der Waals surface area contributed by atoms with Crippen LogP contribution in [0.1, 0.15) is 79.1 Å². The van der Waals surface area contributed by atoms with E-state index in [0.29, 0.717) is 29.0 Å². The molecule has 3 nitrogen and oxygen atoms in total. The fourth-order valence-electron chi connectivity index (χ4n) is 6.94. The van der Waals surface area contributed by atoms with Crippen LogP contribution in [0.25, 0.3) is 0 Å². The zero-order chi connectivity index (χ0) is 18.7. The van der Waals surface area contributed by atoms with Crippen molar-refractivity contribution in [2.45, 2.75) is 97.4 Å². The predicted molar refractivity (Wildman–Crippen MR) is 103 cm³/mol. The summed E-state index contributed by atoms with van der Waals surface area (Å²) in [5.41, 5.74) is 1.82. The number of allylic oxidation sites excluding steroid dienone is 2. The van der Waals surface area contributed by atoms with E-state index in [1.807, 2.05) is 13.8 Å². The summed E-state index contributed by atoms with van der Waals surface area (Å²) in [6, 6.07) is 0. The minimum atomic E-state index is -0.419. The van der Waals surface area contributed by atoms with Crippen LogP contribution in [-0.4, -0.2) is 29.2 Å². The van der Waals surface area contributed by atoms with Crippen molar-refractivity contribution >= 4 is 5.78 Å². The summed E-state index contributed by atoms with van der Waals surface area (Å²) < 4.78 is 6.36. The second-order valence-electron chi connectivity index (χ2n) is 10.1. The Morgan fingerprint density at radius 1 is 1.15 bits per heavy atom. The molecule has 146 valence electrons. The number of Topliss-reactive ketones (excluding diaryl/α,β-unsaturated/α-hetero) is 1. The fraction of sp³-hybridized carbons (Fsp3) is 0.870. The van der Waals surface area contributed by atoms with E-state index in [1.54, 1.807) is 5.57 Å². The van der Waals surface area contributed by atoms with E-state index in [0.717, 1.165) is 38.5 Å². The molecule has 4 rings (SSSR count). The summed E-state index contributed by atoms with van der Waals surface area (Å²) >= 11 is 0. The highest BCUT2D eigenvalue weighted by atomic mass is 16.5. The van der Waals surface area contributed by atoms with Gasteiger partial charge in [0, 0.05) is 11.8 Å². The molecule has 0 amide bonds. The van der Waals surface area contributed by atoms with E-state index in [4.69, 9.17) is 4.74 Å². The summed E-state index contributed by atoms with van der Waals surface area (Å²) in [4.78, 5) is 12.5. The lowest BCUT2D eigenvalue weighted by Crippen LogP contribution is -2.52. The molecule has 0 radical (unpaired) electrons. The molecular formula is C23H36O3. The van der Waals surface area contributed by atoms with Gasteiger partial charge in [-0.1, -0.05) is 31.9 Å². The van der Waals surface area contributed by atoms with Crippen molar-refractivity contribution in [2.75, 3.05) is 0 Å². The zero-order valence-electron chi connectivity index (χ0n) is 17.0. The van der Waals surface area contributed by atoms with E-state index in [1.165, 1.54) is 12.8 Å². The molecule has 3 heteroatoms. The van der Waals surface area contributed by atoms with Gasteiger partial charge in [0.05, 0.1) is 18.3 Å². The first kappa shape index (κ1) is 18.7. The second-order valence-corrected chi connectivity index (χ2v) is 10.1. The van der Waals surface area contributed by atoms with Gasteiger partial charge in [-0.3, -0.25) is 4.79 Å². The molecule has 26 heavy (non-hydrogen) atoms. The third-order valence-electron chi connectivity index (χ3n) is 8.80. The lowest BCUT2D eigenvalue weighted by molar-refractivity contribution is -0.141. The molecule has 0 unspecified atom stereocenters. The van der Waals surface area contributed by atoms with Crippen molar-refractivity contribution in [2.24, 2.45) is 28.6 Å². The van der Waals surface area contributed by atoms with E-state index >= 15 is 0 Å². The molecule has 0 heterocycles. The maximum atomic E-state index is 12.5. The van der Waals surface area contributed by atoms with E-state index < -0.39 is 6.10 Å². The zero-order valence-corrected chi connectivity index (χ0v) is 17.0. The number of fused-ring (bicyclic) bond motifs is 5. The fourth-order valence-corrected chi connectivity index (χ4v) is 6.94. The van der Waals surface area contributed by atoms with Crippen molar-refractivity contribution < 1.29 is 14.6 Å². The molecule has 0 aliphatic heterocycles. The summed E-state index contributed by atoms with van der Waals surface area (Å²) in [6.45, 7) is 8.55. The Hall–Kier alpha value is -0.670. The summed E-state index contributed by atoms with van der Waals surface area (Å²) in [6.07, 6.45) is 11.0. The number of carbonyl (C=O) groups is 1. The summed E-state index contributed by atoms with van der Waals surface area (Å²) in [7, 11) is 0. The van der Waals surface area contributed by atoms with Crippen molar-refractivity contribution in [1.82, 2.24) is 0 Å². The summed E-state index contributed by atoms with van der Waals surface area (Å²) in [5, 5.41) is 9.89. The first-order valence-corrected chi connectivity index (χ1v) is 10.8. The molecule has 3 fully saturated rings. The Bertz CT molecular complexity index is 609. The van der Waals surface area contributed by atoms with Gasteiger partial charge in [0.15, 0.2) is 0 Å². The number of aliphatic hydroxyl groups is 1. The Labute approximate surface area is 158 Å². The van der Waals surface area contributed by atoms with E-state index in [9.17, 15) is 9.90 Å². The highest BCUT2D eigenvalue weighted by Gasteiger charge is 2.58. The quantitative estimate of drug-likeness (QED) is 0.744. The molecule has 4 aliphatic carbocycles. The van der Waals surface area contributed by atoms with Gasteiger partial charge in [-0.2, -0.15) is 0 Å². The number of carbonyl (C=O) groups excluding carboxylic acids is 1. The Morgan fingerprint density at radius 2 is 1.92 bits per heavy atom. The lowest BCUT2D eigenvalue weighted by Gasteiger charge is -2.57. The number of ether oxygens (including phenoxy) is 1. The molecule has 0 aromatic carbocycles. The second kappa shape index (κ2) is 6.44. The van der Waals surface area contributed by atoms with Crippen molar-refractivity contribution in [3.63, 3.8) is 0 Å². The smallest absolute Gasteiger partial charge is 0.139 e. The highest BCUT2D eigenvalue weighted by Crippen LogP contribution is 2.63. The van der Waals surface area contributed by atoms with Crippen LogP contribution in [0, 0.1) is 28.6 Å². The number of hydrogen-bond donors (Lipinski definition) is 1. The molecule has 8 atom stereocenters. The average molecular weight is 361 g/mol. The lowest BCUT2D eigenvalue weighted by atomic mass is 9.48. The highest BCUT2D eigenvalue weighted by molar-refractivity contribution is 5.87. The molecule has 0 bridgehead atoms. The molecule has 0 aromatic rings. The van der Waals surface area contributed by atoms with Crippen LogP contribution in [0.5, 0.6) is 0 Å². The van der Waals surface area contributed by atoms with Crippen LogP contribution < -0.4 is 0 Å². The average Bonchev–Trinajstić information content (AvgIpc) is 2.89. The molecule has 4 aliphatic rings. The van der Waals surface area contributed by atoms with Crippen LogP contribution in [-0.2, 0) is 9.53 Å². The Morgan fingerprint density at radius 3 is 2.65 bits per heavy atom. The maximum Gasteiger partial charge on any atom is 0.139 e. The normalized spacial score (nSPS) is 47.4. The minimum absolute atomic E-state index is 0.0864. The number of rotatable bonds is 3. The predicted octanol–water partition coefficient (Wildman–Crippen LogP) is 4.67. The van der Waals surface area contributed by atoms with Gasteiger partial charge in [-0.05, 0) is 75.5 Å². The topological polar surface area (TPSA) is 46.5 Å². The van der Waals surface area contributed by atoms with Gasteiger partial charge >= 0.3 is 0 Å². The van der Waals surface area contributed by atoms with Crippen LogP contribution in [0.15, 0.2) is 11.6 Å². The van der Waals surface area contributed by atoms with E-state index in [2.05, 4.69) is 19.9 Å². The van der Waals surface area contributed by atoms with Crippen molar-refractivity contribution in [3.05, 3.63) is 11.6 Å². The number of ketones is 1. The first-order valence-electron chi connectivity index (χ1n) is 10.8. The number of hydrogen-bond acceptors (Lipinski definition) is 3. The van der Waals surface area contributed by atoms with Crippen LogP contribution >= 0.6 is 0 Å². The molecule has 0 saturated heterocycles. The van der Waals surface area contributed by atoms with Crippen molar-refractivity contribution in [1.29, 1.82) is 0 Å². The molecule has 0 spiro atoms. The van der Waals surface area contributed by atoms with Gasteiger partial charge < -0.3 is 9.84 Å². The molecular weight excluding hydrogens is 324 g/mol. The number of aliphatic hydroxyl groups excluding tert-OH is 1.